The summed E-state index contributed by atoms with van der Waals surface area (Å²) < 4.78 is 0. The van der Waals surface area contributed by atoms with Gasteiger partial charge in [-0.1, -0.05) is 19.1 Å². The molecule has 5 nitrogen and oxygen atoms in total. The maximum atomic E-state index is 12.5. The first kappa shape index (κ1) is 14.4. The topological polar surface area (TPSA) is 77.8 Å². The lowest BCUT2D eigenvalue weighted by atomic mass is 9.90. The van der Waals surface area contributed by atoms with Gasteiger partial charge < -0.3 is 15.1 Å². The van der Waals surface area contributed by atoms with Gasteiger partial charge in [-0.05, 0) is 37.3 Å². The van der Waals surface area contributed by atoms with Crippen LogP contribution in [0.4, 0.5) is 0 Å². The van der Waals surface area contributed by atoms with Crippen LogP contribution in [0.5, 0.6) is 5.75 Å². The minimum absolute atomic E-state index is 0.0696. The van der Waals surface area contributed by atoms with Crippen molar-refractivity contribution in [1.82, 2.24) is 4.90 Å². The predicted molar refractivity (Wildman–Crippen MR) is 73.7 cm³/mol. The molecule has 0 aromatic heterocycles. The molecule has 1 aromatic carbocycles. The van der Waals surface area contributed by atoms with Crippen molar-refractivity contribution < 1.29 is 19.8 Å². The Bertz CT molecular complexity index is 541. The van der Waals surface area contributed by atoms with Crippen LogP contribution in [0, 0.1) is 12.8 Å². The number of aryl methyl sites for hydroxylation is 1. The second kappa shape index (κ2) is 5.53. The summed E-state index contributed by atoms with van der Waals surface area (Å²) in [5.41, 5.74) is 0.776. The molecule has 1 aliphatic rings. The SMILES string of the molecule is Cc1cccc(C(=O)N2CCCC(C)C2C(=O)O)c1O. The number of hydrogen-bond donors (Lipinski definition) is 2. The van der Waals surface area contributed by atoms with E-state index in [1.807, 2.05) is 6.92 Å². The first-order valence-corrected chi connectivity index (χ1v) is 6.76. The first-order chi connectivity index (χ1) is 9.43. The molecule has 108 valence electrons. The smallest absolute Gasteiger partial charge is 0.326 e. The number of rotatable bonds is 2. The molecule has 2 rings (SSSR count). The highest BCUT2D eigenvalue weighted by molar-refractivity contribution is 5.99. The summed E-state index contributed by atoms with van der Waals surface area (Å²) >= 11 is 0. The maximum absolute atomic E-state index is 12.5. The van der Waals surface area contributed by atoms with Crippen molar-refractivity contribution in [3.05, 3.63) is 29.3 Å². The number of likely N-dealkylation sites (tertiary alicyclic amines) is 1. The second-order valence-electron chi connectivity index (χ2n) is 5.37. The first-order valence-electron chi connectivity index (χ1n) is 6.76. The number of piperidine rings is 1. The molecular formula is C15H19NO4. The zero-order valence-electron chi connectivity index (χ0n) is 11.7. The fourth-order valence-electron chi connectivity index (χ4n) is 2.78. The molecule has 0 radical (unpaired) electrons. The van der Waals surface area contributed by atoms with Gasteiger partial charge >= 0.3 is 5.97 Å². The molecule has 1 aliphatic heterocycles. The lowest BCUT2D eigenvalue weighted by Gasteiger charge is -2.37. The number of nitrogens with zero attached hydrogens (tertiary/aromatic N) is 1. The van der Waals surface area contributed by atoms with Gasteiger partial charge in [-0.2, -0.15) is 0 Å². The zero-order chi connectivity index (χ0) is 14.9. The summed E-state index contributed by atoms with van der Waals surface area (Å²) in [6, 6.07) is 4.10. The van der Waals surface area contributed by atoms with Gasteiger partial charge in [-0.25, -0.2) is 4.79 Å². The molecule has 2 atom stereocenters. The molecule has 20 heavy (non-hydrogen) atoms. The average Bonchev–Trinajstić information content (AvgIpc) is 2.40. The monoisotopic (exact) mass is 277 g/mol. The Balaban J connectivity index is 2.35. The highest BCUT2D eigenvalue weighted by atomic mass is 16.4. The van der Waals surface area contributed by atoms with Gasteiger partial charge in [0, 0.05) is 6.54 Å². The lowest BCUT2D eigenvalue weighted by molar-refractivity contribution is -0.145. The number of carbonyl (C=O) groups is 2. The van der Waals surface area contributed by atoms with Crippen molar-refractivity contribution in [1.29, 1.82) is 0 Å². The number of carbonyl (C=O) groups excluding carboxylic acids is 1. The predicted octanol–water partition coefficient (Wildman–Crippen LogP) is 2.03. The molecular weight excluding hydrogens is 258 g/mol. The number of aromatic hydroxyl groups is 1. The van der Waals surface area contributed by atoms with E-state index in [2.05, 4.69) is 0 Å². The third-order valence-corrected chi connectivity index (χ3v) is 3.92. The minimum atomic E-state index is -0.988. The molecule has 1 amide bonds. The molecule has 1 heterocycles. The van der Waals surface area contributed by atoms with Gasteiger partial charge in [-0.15, -0.1) is 0 Å². The van der Waals surface area contributed by atoms with E-state index in [0.29, 0.717) is 12.1 Å². The number of benzene rings is 1. The van der Waals surface area contributed by atoms with E-state index in [1.165, 1.54) is 11.0 Å². The van der Waals surface area contributed by atoms with Crippen LogP contribution < -0.4 is 0 Å². The summed E-state index contributed by atoms with van der Waals surface area (Å²) in [6.07, 6.45) is 1.57. The van der Waals surface area contributed by atoms with Gasteiger partial charge in [0.2, 0.25) is 0 Å². The normalized spacial score (nSPS) is 22.6. The van der Waals surface area contributed by atoms with Crippen LogP contribution >= 0.6 is 0 Å². The van der Waals surface area contributed by atoms with Crippen LogP contribution in [0.2, 0.25) is 0 Å². The van der Waals surface area contributed by atoms with Gasteiger partial charge in [0.05, 0.1) is 5.56 Å². The quantitative estimate of drug-likeness (QED) is 0.867. The Hall–Kier alpha value is -2.04. The van der Waals surface area contributed by atoms with Crippen LogP contribution in [0.3, 0.4) is 0 Å². The van der Waals surface area contributed by atoms with Crippen LogP contribution in [-0.4, -0.2) is 39.6 Å². The van der Waals surface area contributed by atoms with Crippen molar-refractivity contribution in [2.24, 2.45) is 5.92 Å². The number of phenolic OH excluding ortho intramolecular Hbond substituents is 1. The fourth-order valence-corrected chi connectivity index (χ4v) is 2.78. The van der Waals surface area contributed by atoms with Gasteiger partial charge in [-0.3, -0.25) is 4.79 Å². The Labute approximate surface area is 117 Å². The summed E-state index contributed by atoms with van der Waals surface area (Å²) in [4.78, 5) is 25.3. The van der Waals surface area contributed by atoms with Gasteiger partial charge in [0.25, 0.3) is 5.91 Å². The highest BCUT2D eigenvalue weighted by Gasteiger charge is 2.38. The molecule has 0 saturated carbocycles. The van der Waals surface area contributed by atoms with Crippen molar-refractivity contribution >= 4 is 11.9 Å². The molecule has 0 aliphatic carbocycles. The average molecular weight is 277 g/mol. The standard InChI is InChI=1S/C15H19NO4/c1-9-6-4-8-16(12(9)15(19)20)14(18)11-7-3-5-10(2)13(11)17/h3,5,7,9,12,17H,4,6,8H2,1-2H3,(H,19,20). The number of phenols is 1. The van der Waals surface area contributed by atoms with E-state index in [1.54, 1.807) is 19.1 Å². The van der Waals surface area contributed by atoms with Crippen LogP contribution in [-0.2, 0) is 4.79 Å². The Kier molecular flexibility index (Phi) is 3.97. The van der Waals surface area contributed by atoms with Crippen molar-refractivity contribution in [2.75, 3.05) is 6.54 Å². The third-order valence-electron chi connectivity index (χ3n) is 3.92. The van der Waals surface area contributed by atoms with Gasteiger partial charge in [0.1, 0.15) is 11.8 Å². The highest BCUT2D eigenvalue weighted by Crippen LogP contribution is 2.28. The summed E-state index contributed by atoms with van der Waals surface area (Å²) in [5.74, 6) is -1.56. The van der Waals surface area contributed by atoms with Gasteiger partial charge in [0.15, 0.2) is 0 Å². The lowest BCUT2D eigenvalue weighted by Crippen LogP contribution is -2.51. The molecule has 0 bridgehead atoms. The number of carboxylic acids is 1. The number of aliphatic carboxylic acids is 1. The van der Waals surface area contributed by atoms with E-state index in [-0.39, 0.29) is 17.2 Å². The summed E-state index contributed by atoms with van der Waals surface area (Å²) in [6.45, 7) is 3.96. The third kappa shape index (κ3) is 2.48. The van der Waals surface area contributed by atoms with Crippen molar-refractivity contribution in [2.45, 2.75) is 32.7 Å². The number of para-hydroxylation sites is 1. The van der Waals surface area contributed by atoms with Crippen molar-refractivity contribution in [3.63, 3.8) is 0 Å². The molecule has 1 saturated heterocycles. The summed E-state index contributed by atoms with van der Waals surface area (Å²) in [7, 11) is 0. The molecule has 5 heteroatoms. The minimum Gasteiger partial charge on any atom is -0.507 e. The molecule has 2 unspecified atom stereocenters. The van der Waals surface area contributed by atoms with E-state index in [0.717, 1.165) is 12.8 Å². The van der Waals surface area contributed by atoms with Crippen LogP contribution in [0.25, 0.3) is 0 Å². The Morgan fingerprint density at radius 2 is 2.05 bits per heavy atom. The van der Waals surface area contributed by atoms with E-state index in [9.17, 15) is 19.8 Å². The fraction of sp³-hybridized carbons (Fsp3) is 0.467. The largest absolute Gasteiger partial charge is 0.507 e. The van der Waals surface area contributed by atoms with Crippen LogP contribution in [0.15, 0.2) is 18.2 Å². The number of hydrogen-bond acceptors (Lipinski definition) is 3. The van der Waals surface area contributed by atoms with E-state index < -0.39 is 17.9 Å². The number of amides is 1. The van der Waals surface area contributed by atoms with Crippen LogP contribution in [0.1, 0.15) is 35.7 Å². The Morgan fingerprint density at radius 3 is 2.70 bits per heavy atom. The Morgan fingerprint density at radius 1 is 1.35 bits per heavy atom. The summed E-state index contributed by atoms with van der Waals surface area (Å²) in [5, 5.41) is 19.3. The van der Waals surface area contributed by atoms with Crippen molar-refractivity contribution in [3.8, 4) is 5.75 Å². The van der Waals surface area contributed by atoms with E-state index in [4.69, 9.17) is 0 Å². The molecule has 0 spiro atoms. The molecule has 1 aromatic rings. The molecule has 1 fully saturated rings. The number of carboxylic acid groups (broad SMARTS) is 1. The second-order valence-corrected chi connectivity index (χ2v) is 5.37. The maximum Gasteiger partial charge on any atom is 0.326 e. The van der Waals surface area contributed by atoms with E-state index >= 15 is 0 Å². The molecule has 2 N–H and O–H groups in total. The zero-order valence-corrected chi connectivity index (χ0v) is 11.7.